The van der Waals surface area contributed by atoms with E-state index in [1.807, 2.05) is 24.4 Å². The van der Waals surface area contributed by atoms with Gasteiger partial charge in [-0.3, -0.25) is 4.98 Å². The van der Waals surface area contributed by atoms with Crippen molar-refractivity contribution in [2.24, 2.45) is 0 Å². The van der Waals surface area contributed by atoms with E-state index in [1.54, 1.807) is 0 Å². The minimum Gasteiger partial charge on any atom is -0.457 e. The largest absolute Gasteiger partial charge is 0.457 e. The second kappa shape index (κ2) is 13.6. The van der Waals surface area contributed by atoms with Gasteiger partial charge in [0.2, 0.25) is 0 Å². The van der Waals surface area contributed by atoms with Gasteiger partial charge in [-0.2, -0.15) is 0 Å². The third-order valence-corrected chi connectivity index (χ3v) is 12.2. The van der Waals surface area contributed by atoms with Crippen LogP contribution in [0.25, 0.3) is 78.2 Å². The van der Waals surface area contributed by atoms with Crippen molar-refractivity contribution in [2.45, 2.75) is 5.41 Å². The number of fused-ring (bicyclic) bond motifs is 10. The first-order chi connectivity index (χ1) is 29.7. The summed E-state index contributed by atoms with van der Waals surface area (Å²) in [5.74, 6) is 2.30. The Morgan fingerprint density at radius 3 is 1.63 bits per heavy atom. The molecule has 4 heteroatoms. The molecule has 2 aliphatic rings. The predicted octanol–water partition coefficient (Wildman–Crippen LogP) is 13.8. The van der Waals surface area contributed by atoms with Crippen molar-refractivity contribution in [1.82, 2.24) is 15.0 Å². The molecular weight excluding hydrogens is 731 g/mol. The van der Waals surface area contributed by atoms with Crippen LogP contribution in [0.5, 0.6) is 11.5 Å². The Kier molecular flexibility index (Phi) is 7.72. The Morgan fingerprint density at radius 1 is 0.350 bits per heavy atom. The third kappa shape index (κ3) is 5.35. The molecular formula is C56H35N3O. The summed E-state index contributed by atoms with van der Waals surface area (Å²) < 4.78 is 7.14. The molecule has 12 rings (SSSR count). The summed E-state index contributed by atoms with van der Waals surface area (Å²) in [7, 11) is 0. The molecule has 3 heterocycles. The molecule has 2 aromatic heterocycles. The van der Waals surface area contributed by atoms with Gasteiger partial charge >= 0.3 is 0 Å². The molecule has 10 aromatic rings. The predicted molar refractivity (Wildman–Crippen MR) is 242 cm³/mol. The molecule has 1 aliphatic heterocycles. The Bertz CT molecular complexity index is 3260. The van der Waals surface area contributed by atoms with E-state index in [-0.39, 0.29) is 0 Å². The average molecular weight is 766 g/mol. The van der Waals surface area contributed by atoms with E-state index in [0.29, 0.717) is 5.82 Å². The van der Waals surface area contributed by atoms with Crippen molar-refractivity contribution >= 4 is 10.9 Å². The number of aromatic nitrogens is 3. The number of nitrogens with zero attached hydrogens (tertiary/aromatic N) is 3. The third-order valence-electron chi connectivity index (χ3n) is 12.2. The van der Waals surface area contributed by atoms with Crippen molar-refractivity contribution in [1.29, 1.82) is 0 Å². The van der Waals surface area contributed by atoms with Crippen LogP contribution in [0.1, 0.15) is 22.3 Å². The van der Waals surface area contributed by atoms with Crippen LogP contribution in [0.2, 0.25) is 0 Å². The Morgan fingerprint density at radius 2 is 0.900 bits per heavy atom. The molecule has 280 valence electrons. The number of pyridine rings is 1. The SMILES string of the molecule is c1ccc(-c2cccc(-c3nc(-c4ccccc4)cc(-c4ccc5c(c4)Oc4cc(-c6ccc7cccnc7c6)ccc4C54c5ccccc5-c5ccccc54)n3)c2)cc1. The lowest BCUT2D eigenvalue weighted by Gasteiger charge is -2.39. The fourth-order valence-electron chi connectivity index (χ4n) is 9.45. The Balaban J connectivity index is 1.06. The van der Waals surface area contributed by atoms with Gasteiger partial charge in [0, 0.05) is 39.4 Å². The summed E-state index contributed by atoms with van der Waals surface area (Å²) in [6, 6.07) is 73.0. The van der Waals surface area contributed by atoms with Crippen LogP contribution in [0.4, 0.5) is 0 Å². The van der Waals surface area contributed by atoms with E-state index in [2.05, 4.69) is 193 Å². The van der Waals surface area contributed by atoms with Crippen LogP contribution >= 0.6 is 0 Å². The molecule has 1 spiro atoms. The van der Waals surface area contributed by atoms with Crippen molar-refractivity contribution in [3.63, 3.8) is 0 Å². The molecule has 8 aromatic carbocycles. The van der Waals surface area contributed by atoms with E-state index in [4.69, 9.17) is 14.7 Å². The molecule has 1 aliphatic carbocycles. The zero-order valence-electron chi connectivity index (χ0n) is 32.5. The Labute approximate surface area is 348 Å². The fourth-order valence-corrected chi connectivity index (χ4v) is 9.45. The minimum absolute atomic E-state index is 0.595. The van der Waals surface area contributed by atoms with Gasteiger partial charge in [0.25, 0.3) is 0 Å². The lowest BCUT2D eigenvalue weighted by molar-refractivity contribution is 0.437. The summed E-state index contributed by atoms with van der Waals surface area (Å²) in [4.78, 5) is 15.1. The second-order valence-electron chi connectivity index (χ2n) is 15.6. The maximum Gasteiger partial charge on any atom is 0.160 e. The topological polar surface area (TPSA) is 47.9 Å². The summed E-state index contributed by atoms with van der Waals surface area (Å²) in [6.45, 7) is 0. The molecule has 0 fully saturated rings. The van der Waals surface area contributed by atoms with Crippen LogP contribution in [0.15, 0.2) is 212 Å². The number of ether oxygens (including phenoxy) is 1. The van der Waals surface area contributed by atoms with Gasteiger partial charge in [-0.05, 0) is 80.9 Å². The lowest BCUT2D eigenvalue weighted by atomic mass is 9.66. The number of hydrogen-bond donors (Lipinski definition) is 0. The molecule has 0 saturated carbocycles. The number of benzene rings is 8. The highest BCUT2D eigenvalue weighted by Crippen LogP contribution is 2.62. The second-order valence-corrected chi connectivity index (χ2v) is 15.6. The number of hydrogen-bond acceptors (Lipinski definition) is 4. The smallest absolute Gasteiger partial charge is 0.160 e. The first-order valence-corrected chi connectivity index (χ1v) is 20.3. The molecule has 60 heavy (non-hydrogen) atoms. The van der Waals surface area contributed by atoms with E-state index < -0.39 is 5.41 Å². The van der Waals surface area contributed by atoms with Crippen LogP contribution in [-0.4, -0.2) is 15.0 Å². The molecule has 0 radical (unpaired) electrons. The average Bonchev–Trinajstić information content (AvgIpc) is 3.62. The maximum atomic E-state index is 7.14. The highest BCUT2D eigenvalue weighted by Gasteiger charge is 2.51. The number of rotatable bonds is 5. The monoisotopic (exact) mass is 765 g/mol. The van der Waals surface area contributed by atoms with E-state index in [9.17, 15) is 0 Å². The standard InChI is InChI=1S/C56H35N3O/c1-3-13-36(14-4-1)39-17-11-18-43(31-39)55-58-51(37-15-5-2-6-16-37)35-52(59-55)42-27-29-49-54(34-42)60-53-33-41(40-25-24-38-19-12-30-57-50(38)32-40)26-28-48(53)56(49)46-22-9-7-20-44(46)45-21-8-10-23-47(45)56/h1-35H. The van der Waals surface area contributed by atoms with Gasteiger partial charge in [0.05, 0.1) is 22.3 Å². The Hall–Kier alpha value is -7.95. The quantitative estimate of drug-likeness (QED) is 0.175. The van der Waals surface area contributed by atoms with Crippen LogP contribution in [-0.2, 0) is 5.41 Å². The van der Waals surface area contributed by atoms with E-state index >= 15 is 0 Å². The highest BCUT2D eigenvalue weighted by atomic mass is 16.5. The van der Waals surface area contributed by atoms with Crippen LogP contribution in [0, 0.1) is 0 Å². The van der Waals surface area contributed by atoms with Crippen molar-refractivity contribution < 1.29 is 4.74 Å². The summed E-state index contributed by atoms with van der Waals surface area (Å²) >= 11 is 0. The molecule has 4 nitrogen and oxygen atoms in total. The first kappa shape index (κ1) is 34.1. The van der Waals surface area contributed by atoms with Gasteiger partial charge in [0.15, 0.2) is 5.82 Å². The summed E-state index contributed by atoms with van der Waals surface area (Å²) in [5, 5.41) is 1.11. The molecule has 0 amide bonds. The molecule has 0 N–H and O–H groups in total. The van der Waals surface area contributed by atoms with Crippen LogP contribution in [0.3, 0.4) is 0 Å². The van der Waals surface area contributed by atoms with E-state index in [1.165, 1.54) is 22.3 Å². The zero-order valence-corrected chi connectivity index (χ0v) is 32.5. The normalized spacial score (nSPS) is 12.9. The van der Waals surface area contributed by atoms with Crippen molar-refractivity contribution in [2.75, 3.05) is 0 Å². The van der Waals surface area contributed by atoms with Gasteiger partial charge in [-0.25, -0.2) is 9.97 Å². The molecule has 0 bridgehead atoms. The minimum atomic E-state index is -0.595. The van der Waals surface area contributed by atoms with Crippen molar-refractivity contribution in [3.8, 4) is 78.8 Å². The van der Waals surface area contributed by atoms with E-state index in [0.717, 1.165) is 83.9 Å². The first-order valence-electron chi connectivity index (χ1n) is 20.3. The summed E-state index contributed by atoms with van der Waals surface area (Å²) in [6.07, 6.45) is 1.85. The molecule has 0 atom stereocenters. The van der Waals surface area contributed by atoms with Crippen molar-refractivity contribution in [3.05, 3.63) is 235 Å². The zero-order chi connectivity index (χ0) is 39.6. The molecule has 0 unspecified atom stereocenters. The van der Waals surface area contributed by atoms with Gasteiger partial charge < -0.3 is 4.74 Å². The maximum absolute atomic E-state index is 7.14. The lowest BCUT2D eigenvalue weighted by Crippen LogP contribution is -2.32. The molecule has 0 saturated heterocycles. The van der Waals surface area contributed by atoms with Gasteiger partial charge in [0.1, 0.15) is 11.5 Å². The highest BCUT2D eigenvalue weighted by molar-refractivity contribution is 5.90. The van der Waals surface area contributed by atoms with Gasteiger partial charge in [-0.15, -0.1) is 0 Å². The fraction of sp³-hybridized carbons (Fsp3) is 0.0179. The van der Waals surface area contributed by atoms with Crippen LogP contribution < -0.4 is 4.74 Å². The summed E-state index contributed by atoms with van der Waals surface area (Å²) in [5.41, 5.74) is 16.6. The van der Waals surface area contributed by atoms with Gasteiger partial charge in [-0.1, -0.05) is 170 Å².